The van der Waals surface area contributed by atoms with E-state index < -0.39 is 0 Å². The molecule has 0 spiro atoms. The predicted octanol–water partition coefficient (Wildman–Crippen LogP) is 7.97. The van der Waals surface area contributed by atoms with Crippen LogP contribution in [0.2, 0.25) is 0 Å². The van der Waals surface area contributed by atoms with Crippen molar-refractivity contribution >= 4 is 5.69 Å². The Kier molecular flexibility index (Phi) is 4.70. The molecule has 0 aliphatic heterocycles. The summed E-state index contributed by atoms with van der Waals surface area (Å²) in [5.41, 5.74) is 16.8. The first-order valence-electron chi connectivity index (χ1n) is 11.2. The smallest absolute Gasteiger partial charge is 0.135 e. The summed E-state index contributed by atoms with van der Waals surface area (Å²) in [5.74, 6) is 1.54. The molecule has 5 aromatic rings. The van der Waals surface area contributed by atoms with Gasteiger partial charge in [0, 0.05) is 17.3 Å². The highest BCUT2D eigenvalue weighted by atomic mass is 16.5. The van der Waals surface area contributed by atoms with Crippen LogP contribution in [0.25, 0.3) is 33.4 Å². The van der Waals surface area contributed by atoms with Gasteiger partial charge < -0.3 is 10.5 Å². The lowest BCUT2D eigenvalue weighted by Crippen LogP contribution is -1.93. The van der Waals surface area contributed by atoms with E-state index in [9.17, 15) is 0 Å². The van der Waals surface area contributed by atoms with Crippen LogP contribution in [0.15, 0.2) is 115 Å². The van der Waals surface area contributed by atoms with Crippen molar-refractivity contribution in [2.24, 2.45) is 0 Å². The minimum Gasteiger partial charge on any atom is -0.457 e. The quantitative estimate of drug-likeness (QED) is 0.291. The van der Waals surface area contributed by atoms with Gasteiger partial charge in [0.25, 0.3) is 0 Å². The Bertz CT molecular complexity index is 1470. The second-order valence-electron chi connectivity index (χ2n) is 8.42. The van der Waals surface area contributed by atoms with Crippen LogP contribution < -0.4 is 10.5 Å². The van der Waals surface area contributed by atoms with Crippen LogP contribution in [0.5, 0.6) is 11.5 Å². The zero-order valence-corrected chi connectivity index (χ0v) is 18.2. The normalized spacial score (nSPS) is 11.6. The molecule has 2 heteroatoms. The number of fused-ring (bicyclic) bond motifs is 3. The van der Waals surface area contributed by atoms with E-state index in [0.717, 1.165) is 29.0 Å². The summed E-state index contributed by atoms with van der Waals surface area (Å²) in [7, 11) is 0. The van der Waals surface area contributed by atoms with E-state index in [-0.39, 0.29) is 0 Å². The lowest BCUT2D eigenvalue weighted by atomic mass is 9.93. The number of ether oxygens (including phenoxy) is 1. The molecule has 0 bridgehead atoms. The van der Waals surface area contributed by atoms with Gasteiger partial charge in [-0.2, -0.15) is 0 Å². The molecule has 6 rings (SSSR count). The molecule has 33 heavy (non-hydrogen) atoms. The first-order chi connectivity index (χ1) is 16.3. The highest BCUT2D eigenvalue weighted by Gasteiger charge is 2.21. The highest BCUT2D eigenvalue weighted by Crippen LogP contribution is 2.43. The van der Waals surface area contributed by atoms with Gasteiger partial charge in [-0.15, -0.1) is 0 Å². The van der Waals surface area contributed by atoms with E-state index in [0.29, 0.717) is 5.69 Å². The number of benzene rings is 5. The third kappa shape index (κ3) is 3.56. The van der Waals surface area contributed by atoms with Crippen molar-refractivity contribution in [1.82, 2.24) is 0 Å². The van der Waals surface area contributed by atoms with E-state index in [1.165, 1.54) is 33.4 Å². The molecule has 0 saturated heterocycles. The molecule has 2 nitrogen and oxygen atoms in total. The Balaban J connectivity index is 1.47. The van der Waals surface area contributed by atoms with E-state index >= 15 is 0 Å². The summed E-state index contributed by atoms with van der Waals surface area (Å²) >= 11 is 0. The second-order valence-corrected chi connectivity index (χ2v) is 8.42. The molecule has 0 heterocycles. The van der Waals surface area contributed by atoms with E-state index in [2.05, 4.69) is 84.9 Å². The molecule has 0 saturated carbocycles. The van der Waals surface area contributed by atoms with Crippen molar-refractivity contribution in [2.75, 3.05) is 5.73 Å². The van der Waals surface area contributed by atoms with Gasteiger partial charge in [-0.1, -0.05) is 84.9 Å². The van der Waals surface area contributed by atoms with Crippen LogP contribution >= 0.6 is 0 Å². The molecule has 5 aromatic carbocycles. The maximum Gasteiger partial charge on any atom is 0.135 e. The molecule has 0 unspecified atom stereocenters. The van der Waals surface area contributed by atoms with Crippen molar-refractivity contribution in [3.63, 3.8) is 0 Å². The maximum absolute atomic E-state index is 6.30. The molecule has 0 aromatic heterocycles. The van der Waals surface area contributed by atoms with E-state index in [1.807, 2.05) is 30.3 Å². The van der Waals surface area contributed by atoms with Gasteiger partial charge in [0.1, 0.15) is 11.5 Å². The van der Waals surface area contributed by atoms with Crippen LogP contribution in [-0.2, 0) is 6.42 Å². The number of anilines is 1. The molecule has 158 valence electrons. The summed E-state index contributed by atoms with van der Waals surface area (Å²) in [6.45, 7) is 0. The van der Waals surface area contributed by atoms with Gasteiger partial charge in [-0.05, 0) is 69.6 Å². The second kappa shape index (κ2) is 7.99. The fraction of sp³-hybridized carbons (Fsp3) is 0.0323. The lowest BCUT2D eigenvalue weighted by Gasteiger charge is -2.15. The summed E-state index contributed by atoms with van der Waals surface area (Å²) in [6.07, 6.45) is 0.962. The maximum atomic E-state index is 6.30. The SMILES string of the molecule is Nc1cccc(Oc2ccc(-c3cccc4c3Cc3ccccc3-4)cc2-c2ccccc2)c1. The number of hydrogen-bond acceptors (Lipinski definition) is 2. The largest absolute Gasteiger partial charge is 0.457 e. The van der Waals surface area contributed by atoms with Gasteiger partial charge in [0.05, 0.1) is 0 Å². The standard InChI is InChI=1S/C31H23NO/c32-24-11-6-12-25(20-24)33-31-17-16-23(18-29(31)21-8-2-1-3-9-21)27-14-7-15-28-26-13-5-4-10-22(26)19-30(27)28/h1-18,20H,19,32H2. The summed E-state index contributed by atoms with van der Waals surface area (Å²) in [5, 5.41) is 0. The Morgan fingerprint density at radius 2 is 1.30 bits per heavy atom. The first-order valence-corrected chi connectivity index (χ1v) is 11.2. The Morgan fingerprint density at radius 1 is 0.545 bits per heavy atom. The van der Waals surface area contributed by atoms with Gasteiger partial charge in [0.2, 0.25) is 0 Å². The van der Waals surface area contributed by atoms with E-state index in [4.69, 9.17) is 10.5 Å². The molecule has 1 aliphatic rings. The third-order valence-electron chi connectivity index (χ3n) is 6.31. The predicted molar refractivity (Wildman–Crippen MR) is 136 cm³/mol. The van der Waals surface area contributed by atoms with Crippen molar-refractivity contribution in [2.45, 2.75) is 6.42 Å². The van der Waals surface area contributed by atoms with Crippen molar-refractivity contribution in [3.05, 3.63) is 126 Å². The Hall–Kier alpha value is -4.30. The summed E-state index contributed by atoms with van der Waals surface area (Å²) < 4.78 is 6.30. The van der Waals surface area contributed by atoms with Crippen molar-refractivity contribution in [1.29, 1.82) is 0 Å². The fourth-order valence-corrected chi connectivity index (χ4v) is 4.76. The summed E-state index contributed by atoms with van der Waals surface area (Å²) in [6, 6.07) is 39.8. The zero-order chi connectivity index (χ0) is 22.2. The van der Waals surface area contributed by atoms with E-state index in [1.54, 1.807) is 0 Å². The average molecular weight is 426 g/mol. The number of nitrogens with two attached hydrogens (primary N) is 1. The minimum absolute atomic E-state index is 0.685. The van der Waals surface area contributed by atoms with Crippen LogP contribution in [0.3, 0.4) is 0 Å². The lowest BCUT2D eigenvalue weighted by molar-refractivity contribution is 0.485. The van der Waals surface area contributed by atoms with Crippen molar-refractivity contribution in [3.8, 4) is 44.9 Å². The fourth-order valence-electron chi connectivity index (χ4n) is 4.76. The topological polar surface area (TPSA) is 35.2 Å². The van der Waals surface area contributed by atoms with Gasteiger partial charge >= 0.3 is 0 Å². The number of nitrogen functional groups attached to an aromatic ring is 1. The van der Waals surface area contributed by atoms with Crippen molar-refractivity contribution < 1.29 is 4.74 Å². The minimum atomic E-state index is 0.685. The highest BCUT2D eigenvalue weighted by molar-refractivity contribution is 5.87. The average Bonchev–Trinajstić information content (AvgIpc) is 3.24. The molecular formula is C31H23NO. The summed E-state index contributed by atoms with van der Waals surface area (Å²) in [4.78, 5) is 0. The first kappa shape index (κ1) is 19.4. The molecule has 1 aliphatic carbocycles. The van der Waals surface area contributed by atoms with Crippen LogP contribution in [0, 0.1) is 0 Å². The molecule has 0 fully saturated rings. The molecule has 0 amide bonds. The van der Waals surface area contributed by atoms with Gasteiger partial charge in [0.15, 0.2) is 0 Å². The number of rotatable bonds is 4. The monoisotopic (exact) mass is 425 g/mol. The third-order valence-corrected chi connectivity index (χ3v) is 6.31. The Labute approximate surface area is 193 Å². The van der Waals surface area contributed by atoms with Gasteiger partial charge in [-0.25, -0.2) is 0 Å². The molecule has 0 radical (unpaired) electrons. The van der Waals surface area contributed by atoms with Crippen LogP contribution in [-0.4, -0.2) is 0 Å². The molecule has 2 N–H and O–H groups in total. The Morgan fingerprint density at radius 3 is 2.18 bits per heavy atom. The van der Waals surface area contributed by atoms with Crippen LogP contribution in [0.1, 0.15) is 11.1 Å². The number of hydrogen-bond donors (Lipinski definition) is 1. The molecule has 0 atom stereocenters. The van der Waals surface area contributed by atoms with Crippen LogP contribution in [0.4, 0.5) is 5.69 Å². The molecular weight excluding hydrogens is 402 g/mol. The van der Waals surface area contributed by atoms with Gasteiger partial charge in [-0.3, -0.25) is 0 Å². The zero-order valence-electron chi connectivity index (χ0n) is 18.2.